The van der Waals surface area contributed by atoms with Crippen molar-refractivity contribution >= 4 is 30.0 Å². The number of anilines is 1. The molecule has 4 atom stereocenters. The molecule has 13 N–H and O–H groups in total. The number of aliphatic hydroxyl groups excluding tert-OH is 1. The van der Waals surface area contributed by atoms with Crippen LogP contribution in [0.3, 0.4) is 0 Å². The SMILES string of the molecule is CNN1CCCC[C@@H]1C.CON[C@H]1CC[C@@H](Oc2ccc(N)nc2)c2ccccc21.CS.C[C@H](CO)Oc1cccc(N=C(N)/C=C(\N)C(C)(C)C)c1.O.O.[HH].[HH]. The van der Waals surface area contributed by atoms with Gasteiger partial charge < -0.3 is 47.6 Å². The summed E-state index contributed by atoms with van der Waals surface area (Å²) in [4.78, 5) is 13.5. The zero-order valence-electron chi connectivity index (χ0n) is 33.9. The highest BCUT2D eigenvalue weighted by atomic mass is 32.1. The van der Waals surface area contributed by atoms with Gasteiger partial charge in [0.2, 0.25) is 0 Å². The molecule has 1 saturated heterocycles. The molecular formula is C40H72N8O6S. The van der Waals surface area contributed by atoms with Crippen LogP contribution in [0.5, 0.6) is 11.5 Å². The highest BCUT2D eigenvalue weighted by Gasteiger charge is 2.28. The number of fused-ring (bicyclic) bond motifs is 1. The Hall–Kier alpha value is -3.93. The fourth-order valence-corrected chi connectivity index (χ4v) is 5.65. The summed E-state index contributed by atoms with van der Waals surface area (Å²) in [5.74, 6) is 2.21. The second kappa shape index (κ2) is 26.8. The van der Waals surface area contributed by atoms with Gasteiger partial charge in [-0.3, -0.25) is 5.43 Å². The minimum Gasteiger partial charge on any atom is -0.488 e. The highest BCUT2D eigenvalue weighted by molar-refractivity contribution is 7.79. The van der Waals surface area contributed by atoms with E-state index in [4.69, 9.17) is 36.6 Å². The van der Waals surface area contributed by atoms with Crippen LogP contribution in [0.2, 0.25) is 0 Å². The third kappa shape index (κ3) is 18.0. The third-order valence-electron chi connectivity index (χ3n) is 8.66. The van der Waals surface area contributed by atoms with Crippen molar-refractivity contribution in [3.8, 4) is 11.5 Å². The summed E-state index contributed by atoms with van der Waals surface area (Å²) in [6.45, 7) is 11.3. The standard InChI is InChI=1S/C16H19N3O2.C16H25N3O2.C7H16N2.CH4S.2H2O.2H2/c1-20-19-14-7-8-15(13-5-3-2-4-12(13)14)21-11-6-9-16(17)18-10-11;1-11(10-20)21-13-7-5-6-12(8-13)19-15(18)9-14(17)16(2,3)4;1-7-5-3-4-6-9(7)8-2;1-2;;;;/h2-6,9-10,14-15,19H,7-8H2,1H3,(H2,17,18);5-9,11,20H,10,17H2,1-4H3,(H2,18,19);7-8H,3-6H2,1-2H3;2H,1H3;2*1H2;2*1H/b;14-9-;;;;;;/t14-,15+;11-;7-;;;;;/m010...../s1. The number of aromatic nitrogens is 1. The van der Waals surface area contributed by atoms with Crippen molar-refractivity contribution < 1.29 is 33.2 Å². The fourth-order valence-electron chi connectivity index (χ4n) is 5.65. The number of aliphatic imine (C=N–C) groups is 1. The Bertz CT molecular complexity index is 1550. The molecule has 1 fully saturated rings. The lowest BCUT2D eigenvalue weighted by Gasteiger charge is -2.32. The van der Waals surface area contributed by atoms with Crippen LogP contribution in [-0.4, -0.2) is 77.6 Å². The molecular weight excluding hydrogens is 721 g/mol. The lowest BCUT2D eigenvalue weighted by Crippen LogP contribution is -2.45. The van der Waals surface area contributed by atoms with Gasteiger partial charge >= 0.3 is 0 Å². The van der Waals surface area contributed by atoms with E-state index in [-0.39, 0.29) is 44.1 Å². The topological polar surface area (TPSA) is 242 Å². The number of nitrogens with two attached hydrogens (primary N) is 3. The summed E-state index contributed by atoms with van der Waals surface area (Å²) >= 11 is 3.53. The largest absolute Gasteiger partial charge is 0.488 e. The molecule has 0 spiro atoms. The summed E-state index contributed by atoms with van der Waals surface area (Å²) in [6.07, 6.45) is 10.8. The van der Waals surface area contributed by atoms with E-state index in [1.165, 1.54) is 36.9 Å². The number of hydrogen-bond donors (Lipinski definition) is 7. The summed E-state index contributed by atoms with van der Waals surface area (Å²) in [6, 6.07) is 20.1. The van der Waals surface area contributed by atoms with Crippen LogP contribution < -0.4 is 37.6 Å². The van der Waals surface area contributed by atoms with E-state index >= 15 is 0 Å². The number of amidine groups is 1. The average molecular weight is 793 g/mol. The van der Waals surface area contributed by atoms with Gasteiger partial charge in [0.05, 0.1) is 31.6 Å². The molecule has 0 saturated carbocycles. The number of benzene rings is 2. The van der Waals surface area contributed by atoms with Gasteiger partial charge in [0, 0.05) is 32.6 Å². The molecule has 0 bridgehead atoms. The minimum absolute atomic E-state index is 0. The van der Waals surface area contributed by atoms with E-state index in [1.807, 2.05) is 58.2 Å². The van der Waals surface area contributed by atoms with Crippen molar-refractivity contribution in [1.82, 2.24) is 20.9 Å². The van der Waals surface area contributed by atoms with Crippen LogP contribution in [0, 0.1) is 5.41 Å². The molecule has 0 amide bonds. The van der Waals surface area contributed by atoms with Crippen LogP contribution in [0.1, 0.15) is 92.8 Å². The van der Waals surface area contributed by atoms with E-state index in [2.05, 4.69) is 57.6 Å². The first-order valence-corrected chi connectivity index (χ1v) is 19.1. The number of rotatable bonds is 10. The lowest BCUT2D eigenvalue weighted by atomic mass is 9.86. The fraction of sp³-hybridized carbons (Fsp3) is 0.500. The van der Waals surface area contributed by atoms with Crippen molar-refractivity contribution in [2.24, 2.45) is 21.9 Å². The van der Waals surface area contributed by atoms with Crippen molar-refractivity contribution in [2.45, 2.75) is 91.0 Å². The van der Waals surface area contributed by atoms with Gasteiger partial charge in [-0.15, -0.1) is 0 Å². The number of ether oxygens (including phenoxy) is 2. The summed E-state index contributed by atoms with van der Waals surface area (Å²) in [5.41, 5.74) is 27.3. The minimum atomic E-state index is -0.266. The number of thiol groups is 1. The van der Waals surface area contributed by atoms with E-state index in [0.29, 0.717) is 28.8 Å². The smallest absolute Gasteiger partial charge is 0.138 e. The van der Waals surface area contributed by atoms with E-state index in [9.17, 15) is 0 Å². The number of aliphatic hydroxyl groups is 1. The maximum atomic E-state index is 8.99. The molecule has 0 unspecified atom stereocenters. The number of hydrogen-bond acceptors (Lipinski definition) is 12. The molecule has 1 aliphatic heterocycles. The molecule has 1 aliphatic carbocycles. The Labute approximate surface area is 336 Å². The second-order valence-electron chi connectivity index (χ2n) is 13.9. The predicted molar refractivity (Wildman–Crippen MR) is 233 cm³/mol. The van der Waals surface area contributed by atoms with Gasteiger partial charge in [0.1, 0.15) is 35.4 Å². The number of nitrogens with zero attached hydrogens (tertiary/aromatic N) is 3. The lowest BCUT2D eigenvalue weighted by molar-refractivity contribution is 0.0459. The van der Waals surface area contributed by atoms with E-state index < -0.39 is 0 Å². The number of nitrogen functional groups attached to an aromatic ring is 1. The molecule has 2 aliphatic rings. The third-order valence-corrected chi connectivity index (χ3v) is 8.66. The molecule has 314 valence electrons. The van der Waals surface area contributed by atoms with Crippen molar-refractivity contribution in [2.75, 3.05) is 39.3 Å². The molecule has 0 radical (unpaired) electrons. The van der Waals surface area contributed by atoms with Gasteiger partial charge in [-0.25, -0.2) is 15.0 Å². The van der Waals surface area contributed by atoms with Crippen LogP contribution in [0.4, 0.5) is 11.5 Å². The maximum absolute atomic E-state index is 8.99. The van der Waals surface area contributed by atoms with Crippen LogP contribution in [0.15, 0.2) is 83.6 Å². The Morgan fingerprint density at radius 3 is 2.29 bits per heavy atom. The molecule has 3 aromatic rings. The van der Waals surface area contributed by atoms with Crippen LogP contribution in [0.25, 0.3) is 0 Å². The Kier molecular flexibility index (Phi) is 24.9. The van der Waals surface area contributed by atoms with Gasteiger partial charge in [-0.05, 0) is 94.3 Å². The highest BCUT2D eigenvalue weighted by Crippen LogP contribution is 2.38. The first kappa shape index (κ1) is 51.1. The Morgan fingerprint density at radius 1 is 1.04 bits per heavy atom. The van der Waals surface area contributed by atoms with Gasteiger partial charge in [-0.1, -0.05) is 57.5 Å². The van der Waals surface area contributed by atoms with Crippen molar-refractivity contribution in [3.05, 3.63) is 89.8 Å². The number of pyridine rings is 1. The molecule has 55 heavy (non-hydrogen) atoms. The van der Waals surface area contributed by atoms with E-state index in [0.717, 1.165) is 24.6 Å². The summed E-state index contributed by atoms with van der Waals surface area (Å²) in [5, 5.41) is 11.3. The number of piperidine rings is 1. The maximum Gasteiger partial charge on any atom is 0.138 e. The predicted octanol–water partition coefficient (Wildman–Crippen LogP) is 5.48. The van der Waals surface area contributed by atoms with Crippen molar-refractivity contribution in [1.29, 1.82) is 0 Å². The van der Waals surface area contributed by atoms with Gasteiger partial charge in [0.25, 0.3) is 0 Å². The number of nitrogens with one attached hydrogen (secondary N) is 2. The van der Waals surface area contributed by atoms with Crippen LogP contribution in [-0.2, 0) is 4.84 Å². The first-order valence-electron chi connectivity index (χ1n) is 18.2. The monoisotopic (exact) mass is 793 g/mol. The average Bonchev–Trinajstić information content (AvgIpc) is 3.15. The van der Waals surface area contributed by atoms with Gasteiger partial charge in [-0.2, -0.15) is 18.1 Å². The molecule has 2 aromatic carbocycles. The second-order valence-corrected chi connectivity index (χ2v) is 13.9. The quantitative estimate of drug-likeness (QED) is 0.0587. The van der Waals surface area contributed by atoms with Gasteiger partial charge in [0.15, 0.2) is 0 Å². The normalized spacial score (nSPS) is 18.8. The van der Waals surface area contributed by atoms with E-state index in [1.54, 1.807) is 50.8 Å². The molecule has 5 rings (SSSR count). The zero-order valence-corrected chi connectivity index (χ0v) is 34.8. The van der Waals surface area contributed by atoms with Crippen molar-refractivity contribution in [3.63, 3.8) is 0 Å². The Morgan fingerprint density at radius 2 is 1.73 bits per heavy atom. The molecule has 14 nitrogen and oxygen atoms in total. The number of hydrazine groups is 1. The number of allylic oxidation sites excluding steroid dienone is 1. The molecule has 15 heteroatoms. The molecule has 2 heterocycles. The first-order chi connectivity index (χ1) is 25.3. The summed E-state index contributed by atoms with van der Waals surface area (Å²) < 4.78 is 11.6. The summed E-state index contributed by atoms with van der Waals surface area (Å²) in [7, 11) is 3.65. The Balaban J connectivity index is -0.000000771. The molecule has 1 aromatic heterocycles. The van der Waals surface area contributed by atoms with Crippen LogP contribution >= 0.6 is 12.6 Å². The zero-order chi connectivity index (χ0) is 39.4. The number of hydroxylamine groups is 1.